The Bertz CT molecular complexity index is 1290. The number of hydrogen-bond acceptors (Lipinski definition) is 6. The van der Waals surface area contributed by atoms with E-state index >= 15 is 0 Å². The first-order valence-corrected chi connectivity index (χ1v) is 12.5. The third kappa shape index (κ3) is 3.09. The fourth-order valence-electron chi connectivity index (χ4n) is 6.48. The Morgan fingerprint density at radius 2 is 1.97 bits per heavy atom. The number of nitrogens with zero attached hydrogens (tertiary/aromatic N) is 6. The lowest BCUT2D eigenvalue weighted by Crippen LogP contribution is -2.60. The topological polar surface area (TPSA) is 70.2 Å². The summed E-state index contributed by atoms with van der Waals surface area (Å²) in [6.07, 6.45) is 8.40. The Morgan fingerprint density at radius 3 is 2.68 bits per heavy atom. The van der Waals surface area contributed by atoms with Crippen LogP contribution in [0.25, 0.3) is 16.6 Å². The van der Waals surface area contributed by atoms with Gasteiger partial charge in [-0.2, -0.15) is 10.4 Å². The van der Waals surface area contributed by atoms with Gasteiger partial charge in [0.05, 0.1) is 48.1 Å². The second kappa shape index (κ2) is 7.27. The average Bonchev–Trinajstić information content (AvgIpc) is 3.48. The molecule has 3 aromatic rings. The molecule has 4 fully saturated rings. The largest absolute Gasteiger partial charge is 0.378 e. The van der Waals surface area contributed by atoms with E-state index in [4.69, 9.17) is 14.8 Å². The fraction of sp³-hybridized carbons (Fsp3) is 0.519. The number of aromatic nitrogens is 3. The van der Waals surface area contributed by atoms with E-state index in [-0.39, 0.29) is 5.41 Å². The molecule has 2 aliphatic carbocycles. The van der Waals surface area contributed by atoms with Crippen molar-refractivity contribution in [3.63, 3.8) is 0 Å². The molecular formula is C27H30N6O. The molecule has 174 valence electrons. The first kappa shape index (κ1) is 20.4. The highest BCUT2D eigenvalue weighted by molar-refractivity contribution is 5.81. The maximum Gasteiger partial charge on any atom is 0.130 e. The normalized spacial score (nSPS) is 25.6. The number of anilines is 1. The van der Waals surface area contributed by atoms with Crippen LogP contribution in [-0.4, -0.2) is 64.6 Å². The van der Waals surface area contributed by atoms with Crippen molar-refractivity contribution in [3.05, 3.63) is 48.3 Å². The minimum absolute atomic E-state index is 0.329. The van der Waals surface area contributed by atoms with Gasteiger partial charge in [-0.25, -0.2) is 9.67 Å². The summed E-state index contributed by atoms with van der Waals surface area (Å²) >= 11 is 0. The highest BCUT2D eigenvalue weighted by atomic mass is 16.5. The van der Waals surface area contributed by atoms with Crippen molar-refractivity contribution in [1.82, 2.24) is 19.7 Å². The summed E-state index contributed by atoms with van der Waals surface area (Å²) in [4.78, 5) is 9.66. The monoisotopic (exact) mass is 454 g/mol. The Hall–Kier alpha value is -2.95. The van der Waals surface area contributed by atoms with E-state index in [0.29, 0.717) is 17.5 Å². The van der Waals surface area contributed by atoms with Gasteiger partial charge in [-0.1, -0.05) is 12.1 Å². The summed E-state index contributed by atoms with van der Waals surface area (Å²) in [5, 5.41) is 15.9. The van der Waals surface area contributed by atoms with Crippen molar-refractivity contribution in [2.24, 2.45) is 5.41 Å². The molecule has 2 aliphatic heterocycles. The summed E-state index contributed by atoms with van der Waals surface area (Å²) in [5.41, 5.74) is 3.35. The lowest BCUT2D eigenvalue weighted by molar-refractivity contribution is -0.0793. The zero-order chi connectivity index (χ0) is 22.9. The van der Waals surface area contributed by atoms with E-state index in [0.717, 1.165) is 73.7 Å². The second-order valence-electron chi connectivity index (χ2n) is 11.0. The lowest BCUT2D eigenvalue weighted by atomic mass is 9.57. The number of fused-ring (bicyclic) bond motifs is 1. The molecule has 34 heavy (non-hydrogen) atoms. The van der Waals surface area contributed by atoms with Crippen molar-refractivity contribution in [1.29, 1.82) is 5.26 Å². The Morgan fingerprint density at radius 1 is 1.12 bits per heavy atom. The fourth-order valence-corrected chi connectivity index (χ4v) is 6.48. The van der Waals surface area contributed by atoms with Crippen molar-refractivity contribution in [2.45, 2.75) is 50.1 Å². The van der Waals surface area contributed by atoms with Crippen LogP contribution >= 0.6 is 0 Å². The van der Waals surface area contributed by atoms with E-state index < -0.39 is 0 Å². The van der Waals surface area contributed by atoms with E-state index in [1.165, 1.54) is 12.8 Å². The van der Waals surface area contributed by atoms with Gasteiger partial charge in [0.15, 0.2) is 0 Å². The third-order valence-electron chi connectivity index (χ3n) is 8.71. The van der Waals surface area contributed by atoms with Crippen LogP contribution in [-0.2, 0) is 10.2 Å². The quantitative estimate of drug-likeness (QED) is 0.599. The molecule has 1 aromatic carbocycles. The van der Waals surface area contributed by atoms with Crippen LogP contribution < -0.4 is 4.90 Å². The van der Waals surface area contributed by atoms with Crippen LogP contribution in [0.4, 0.5) is 5.82 Å². The molecule has 4 aliphatic rings. The van der Waals surface area contributed by atoms with E-state index in [1.54, 1.807) is 0 Å². The van der Waals surface area contributed by atoms with E-state index in [9.17, 15) is 5.26 Å². The zero-order valence-electron chi connectivity index (χ0n) is 19.7. The van der Waals surface area contributed by atoms with Crippen LogP contribution in [0.15, 0.2) is 42.7 Å². The molecule has 0 bridgehead atoms. The van der Waals surface area contributed by atoms with Gasteiger partial charge in [0, 0.05) is 43.3 Å². The number of piperazine rings is 1. The molecule has 7 heteroatoms. The van der Waals surface area contributed by atoms with Crippen LogP contribution in [0.1, 0.15) is 38.2 Å². The average molecular weight is 455 g/mol. The zero-order valence-corrected chi connectivity index (χ0v) is 19.7. The molecule has 0 amide bonds. The summed E-state index contributed by atoms with van der Waals surface area (Å²) in [6, 6.07) is 14.3. The van der Waals surface area contributed by atoms with Crippen LogP contribution in [0, 0.1) is 16.7 Å². The Labute approximate surface area is 199 Å². The van der Waals surface area contributed by atoms with Gasteiger partial charge in [-0.05, 0) is 55.7 Å². The van der Waals surface area contributed by atoms with Crippen molar-refractivity contribution in [3.8, 4) is 11.8 Å². The van der Waals surface area contributed by atoms with Gasteiger partial charge in [0.25, 0.3) is 0 Å². The maximum absolute atomic E-state index is 10.0. The van der Waals surface area contributed by atoms with Gasteiger partial charge in [0.1, 0.15) is 5.82 Å². The first-order chi connectivity index (χ1) is 16.6. The number of pyridine rings is 1. The molecule has 2 aromatic heterocycles. The second-order valence-corrected chi connectivity index (χ2v) is 11.0. The molecule has 4 heterocycles. The third-order valence-corrected chi connectivity index (χ3v) is 8.71. The molecule has 1 spiro atoms. The van der Waals surface area contributed by atoms with Gasteiger partial charge in [0.2, 0.25) is 0 Å². The Kier molecular flexibility index (Phi) is 4.37. The summed E-state index contributed by atoms with van der Waals surface area (Å²) in [7, 11) is 0. The summed E-state index contributed by atoms with van der Waals surface area (Å²) in [6.45, 7) is 6.99. The highest BCUT2D eigenvalue weighted by Crippen LogP contribution is 2.68. The minimum Gasteiger partial charge on any atom is -0.378 e. The molecular weight excluding hydrogens is 424 g/mol. The van der Waals surface area contributed by atoms with E-state index in [2.05, 4.69) is 47.1 Å². The minimum atomic E-state index is -0.329. The summed E-state index contributed by atoms with van der Waals surface area (Å²) in [5.74, 6) is 0.997. The molecule has 1 atom stereocenters. The molecule has 0 radical (unpaired) electrons. The van der Waals surface area contributed by atoms with E-state index in [1.807, 2.05) is 23.1 Å². The molecule has 0 unspecified atom stereocenters. The molecule has 7 rings (SSSR count). The number of nitriles is 1. The number of benzene rings is 1. The number of rotatable bonds is 4. The van der Waals surface area contributed by atoms with Gasteiger partial charge < -0.3 is 9.64 Å². The summed E-state index contributed by atoms with van der Waals surface area (Å²) < 4.78 is 7.41. The lowest BCUT2D eigenvalue weighted by Gasteiger charge is -2.46. The van der Waals surface area contributed by atoms with Crippen LogP contribution in [0.3, 0.4) is 0 Å². The standard InChI is InChI=1S/C27H30N6O/c1-19-13-31(8-9-32(19)23-14-34-15-23)25-11-22(4-7-29-25)33-24-10-21(3-2-20(24)12-30-33)27(18-28)16-26(17-27)5-6-26/h2-4,7,10-12,19,23H,5-6,8-9,13-17H2,1H3/t19-/m0/s1. The molecule has 2 saturated carbocycles. The first-order valence-electron chi connectivity index (χ1n) is 12.5. The van der Waals surface area contributed by atoms with Crippen molar-refractivity contribution >= 4 is 16.7 Å². The van der Waals surface area contributed by atoms with Gasteiger partial charge in [-0.3, -0.25) is 4.90 Å². The Balaban J connectivity index is 1.18. The van der Waals surface area contributed by atoms with Crippen molar-refractivity contribution < 1.29 is 4.74 Å². The number of hydrogen-bond donors (Lipinski definition) is 0. The molecule has 2 saturated heterocycles. The smallest absolute Gasteiger partial charge is 0.130 e. The predicted octanol–water partition coefficient (Wildman–Crippen LogP) is 3.67. The van der Waals surface area contributed by atoms with Crippen LogP contribution in [0.5, 0.6) is 0 Å². The highest BCUT2D eigenvalue weighted by Gasteiger charge is 2.61. The number of ether oxygens (including phenoxy) is 1. The maximum atomic E-state index is 10.0. The van der Waals surface area contributed by atoms with Crippen molar-refractivity contribution in [2.75, 3.05) is 37.7 Å². The van der Waals surface area contributed by atoms with Gasteiger partial charge >= 0.3 is 0 Å². The molecule has 0 N–H and O–H groups in total. The van der Waals surface area contributed by atoms with Crippen LogP contribution in [0.2, 0.25) is 0 Å². The van der Waals surface area contributed by atoms with Gasteiger partial charge in [-0.15, -0.1) is 0 Å². The SMILES string of the molecule is C[C@H]1CN(c2cc(-n3ncc4ccc(C5(C#N)CC6(CC6)C5)cc43)ccn2)CCN1C1COC1. The molecule has 7 nitrogen and oxygen atoms in total. The predicted molar refractivity (Wildman–Crippen MR) is 130 cm³/mol.